The second kappa shape index (κ2) is 6.88. The Morgan fingerprint density at radius 2 is 1.83 bits per heavy atom. The second-order valence-electron chi connectivity index (χ2n) is 6.28. The number of carbonyl (C=O) groups excluding carboxylic acids is 2. The summed E-state index contributed by atoms with van der Waals surface area (Å²) < 4.78 is 1.04. The predicted molar refractivity (Wildman–Crippen MR) is 112 cm³/mol. The molecule has 0 spiro atoms. The van der Waals surface area contributed by atoms with E-state index < -0.39 is 0 Å². The highest BCUT2D eigenvalue weighted by Gasteiger charge is 2.16. The molecule has 2 aromatic carbocycles. The van der Waals surface area contributed by atoms with Gasteiger partial charge in [0.05, 0.1) is 21.5 Å². The minimum atomic E-state index is -0.336. The summed E-state index contributed by atoms with van der Waals surface area (Å²) in [5.74, 6) is 0.0361. The zero-order valence-corrected chi connectivity index (χ0v) is 15.7. The average molecular weight is 402 g/mol. The van der Waals surface area contributed by atoms with Crippen LogP contribution in [0.5, 0.6) is 0 Å². The van der Waals surface area contributed by atoms with Crippen molar-refractivity contribution in [2.45, 2.75) is 0 Å². The first-order chi connectivity index (χ1) is 14.2. The summed E-state index contributed by atoms with van der Waals surface area (Å²) in [7, 11) is 0. The van der Waals surface area contributed by atoms with Crippen LogP contribution in [-0.2, 0) is 0 Å². The van der Waals surface area contributed by atoms with Gasteiger partial charge in [-0.15, -0.1) is 11.3 Å². The van der Waals surface area contributed by atoms with Crippen molar-refractivity contribution < 1.29 is 9.59 Å². The number of aromatic amines is 2. The maximum atomic E-state index is 12.6. The average Bonchev–Trinajstić information content (AvgIpc) is 3.46. The molecule has 9 heteroatoms. The van der Waals surface area contributed by atoms with Crippen LogP contribution in [-0.4, -0.2) is 31.8 Å². The fourth-order valence-electron chi connectivity index (χ4n) is 3.05. The molecule has 0 bridgehead atoms. The van der Waals surface area contributed by atoms with Crippen LogP contribution in [0.1, 0.15) is 20.0 Å². The van der Waals surface area contributed by atoms with Crippen LogP contribution in [0, 0.1) is 0 Å². The number of amides is 2. The van der Waals surface area contributed by atoms with Crippen LogP contribution < -0.4 is 10.6 Å². The molecule has 3 aromatic heterocycles. The van der Waals surface area contributed by atoms with Gasteiger partial charge in [0.1, 0.15) is 0 Å². The lowest BCUT2D eigenvalue weighted by Crippen LogP contribution is -2.13. The Kier molecular flexibility index (Phi) is 4.07. The van der Waals surface area contributed by atoms with Gasteiger partial charge in [-0.2, -0.15) is 0 Å². The number of nitrogens with one attached hydrogen (secondary N) is 4. The lowest BCUT2D eigenvalue weighted by molar-refractivity contribution is 0.102. The van der Waals surface area contributed by atoms with E-state index in [9.17, 15) is 9.59 Å². The van der Waals surface area contributed by atoms with Crippen LogP contribution in [0.3, 0.4) is 0 Å². The number of rotatable bonds is 4. The lowest BCUT2D eigenvalue weighted by Gasteiger charge is -2.02. The first kappa shape index (κ1) is 17.1. The van der Waals surface area contributed by atoms with E-state index in [-0.39, 0.29) is 17.8 Å². The molecule has 0 saturated heterocycles. The van der Waals surface area contributed by atoms with Crippen molar-refractivity contribution >= 4 is 56.2 Å². The second-order valence-corrected chi connectivity index (χ2v) is 7.36. The Labute approximate surface area is 168 Å². The molecular weight excluding hydrogens is 388 g/mol. The standard InChI is InChI=1S/C20H14N6O2S/c27-17(25-19-21-8-9-22-19)12-5-3-6-13-16(12)24-20(23-13)26-18(28)15-10-11-4-1-2-7-14(11)29-15/h1-10H,(H2,21,22,25,27)(H2,23,24,26,28). The first-order valence-corrected chi connectivity index (χ1v) is 9.58. The molecule has 0 aliphatic carbocycles. The van der Waals surface area contributed by atoms with Gasteiger partial charge in [0.2, 0.25) is 11.9 Å². The Bertz CT molecular complexity index is 1320. The van der Waals surface area contributed by atoms with Gasteiger partial charge in [-0.05, 0) is 29.7 Å². The third-order valence-electron chi connectivity index (χ3n) is 4.37. The number of hydrogen-bond donors (Lipinski definition) is 4. The van der Waals surface area contributed by atoms with Crippen LogP contribution in [0.15, 0.2) is 60.9 Å². The quantitative estimate of drug-likeness (QED) is 0.363. The predicted octanol–water partition coefficient (Wildman–Crippen LogP) is 4.01. The van der Waals surface area contributed by atoms with Gasteiger partial charge in [-0.1, -0.05) is 24.3 Å². The number of thiophene rings is 1. The van der Waals surface area contributed by atoms with Crippen molar-refractivity contribution in [3.05, 3.63) is 71.4 Å². The van der Waals surface area contributed by atoms with Gasteiger partial charge in [-0.25, -0.2) is 9.97 Å². The summed E-state index contributed by atoms with van der Waals surface area (Å²) in [6, 6.07) is 14.8. The molecular formula is C20H14N6O2S. The van der Waals surface area contributed by atoms with Crippen LogP contribution in [0.4, 0.5) is 11.9 Å². The molecule has 2 amide bonds. The van der Waals surface area contributed by atoms with Crippen molar-refractivity contribution in [2.75, 3.05) is 10.6 Å². The maximum Gasteiger partial charge on any atom is 0.268 e. The zero-order valence-electron chi connectivity index (χ0n) is 14.9. The van der Waals surface area contributed by atoms with Gasteiger partial charge in [0.15, 0.2) is 0 Å². The van der Waals surface area contributed by atoms with Crippen LogP contribution >= 0.6 is 11.3 Å². The molecule has 0 aliphatic heterocycles. The van der Waals surface area contributed by atoms with Crippen molar-refractivity contribution in [1.29, 1.82) is 0 Å². The smallest absolute Gasteiger partial charge is 0.268 e. The molecule has 29 heavy (non-hydrogen) atoms. The number of nitrogens with zero attached hydrogens (tertiary/aromatic N) is 2. The summed E-state index contributed by atoms with van der Waals surface area (Å²) in [4.78, 5) is 40.0. The number of aromatic nitrogens is 4. The van der Waals surface area contributed by atoms with E-state index in [1.807, 2.05) is 30.3 Å². The van der Waals surface area contributed by atoms with E-state index in [4.69, 9.17) is 0 Å². The molecule has 0 saturated carbocycles. The highest BCUT2D eigenvalue weighted by Crippen LogP contribution is 2.26. The Hall–Kier alpha value is -3.98. The number of para-hydroxylation sites is 1. The largest absolute Gasteiger partial charge is 0.331 e. The minimum Gasteiger partial charge on any atom is -0.331 e. The minimum absolute atomic E-state index is 0.258. The van der Waals surface area contributed by atoms with E-state index >= 15 is 0 Å². The van der Waals surface area contributed by atoms with Crippen molar-refractivity contribution in [3.63, 3.8) is 0 Å². The molecule has 4 N–H and O–H groups in total. The summed E-state index contributed by atoms with van der Waals surface area (Å²) in [5, 5.41) is 6.47. The molecule has 8 nitrogen and oxygen atoms in total. The SMILES string of the molecule is O=C(Nc1nc2cccc(C(=O)Nc3ncc[nH]3)c2[nH]1)c1cc2ccccc2s1. The molecule has 142 valence electrons. The summed E-state index contributed by atoms with van der Waals surface area (Å²) in [6.45, 7) is 0. The van der Waals surface area contributed by atoms with Gasteiger partial charge in [0, 0.05) is 17.1 Å². The molecule has 0 unspecified atom stereocenters. The molecule has 0 atom stereocenters. The first-order valence-electron chi connectivity index (χ1n) is 8.77. The molecule has 5 aromatic rings. The number of imidazole rings is 2. The number of fused-ring (bicyclic) bond motifs is 2. The molecule has 5 rings (SSSR count). The van der Waals surface area contributed by atoms with E-state index in [0.29, 0.717) is 27.4 Å². The summed E-state index contributed by atoms with van der Waals surface area (Å²) in [5.41, 5.74) is 1.50. The number of benzene rings is 2. The van der Waals surface area contributed by atoms with Gasteiger partial charge < -0.3 is 9.97 Å². The van der Waals surface area contributed by atoms with Gasteiger partial charge in [0.25, 0.3) is 11.8 Å². The highest BCUT2D eigenvalue weighted by molar-refractivity contribution is 7.20. The molecule has 3 heterocycles. The topological polar surface area (TPSA) is 116 Å². The summed E-state index contributed by atoms with van der Waals surface area (Å²) >= 11 is 1.41. The van der Waals surface area contributed by atoms with Crippen molar-refractivity contribution in [2.24, 2.45) is 0 Å². The zero-order chi connectivity index (χ0) is 19.8. The number of hydrogen-bond acceptors (Lipinski definition) is 5. The Morgan fingerprint density at radius 1 is 0.966 bits per heavy atom. The van der Waals surface area contributed by atoms with Crippen molar-refractivity contribution in [3.8, 4) is 0 Å². The maximum absolute atomic E-state index is 12.6. The fraction of sp³-hybridized carbons (Fsp3) is 0. The van der Waals surface area contributed by atoms with Crippen LogP contribution in [0.25, 0.3) is 21.1 Å². The van der Waals surface area contributed by atoms with Gasteiger partial charge in [-0.3, -0.25) is 20.2 Å². The van der Waals surface area contributed by atoms with E-state index in [0.717, 1.165) is 10.1 Å². The van der Waals surface area contributed by atoms with E-state index in [1.54, 1.807) is 30.6 Å². The van der Waals surface area contributed by atoms with E-state index in [2.05, 4.69) is 30.6 Å². The highest BCUT2D eigenvalue weighted by atomic mass is 32.1. The number of anilines is 2. The molecule has 0 radical (unpaired) electrons. The molecule has 0 fully saturated rings. The Balaban J connectivity index is 1.42. The lowest BCUT2D eigenvalue weighted by atomic mass is 10.2. The third kappa shape index (κ3) is 3.23. The Morgan fingerprint density at radius 3 is 2.66 bits per heavy atom. The van der Waals surface area contributed by atoms with Crippen molar-refractivity contribution in [1.82, 2.24) is 19.9 Å². The fourth-order valence-corrected chi connectivity index (χ4v) is 4.01. The number of H-pyrrole nitrogens is 2. The third-order valence-corrected chi connectivity index (χ3v) is 5.49. The van der Waals surface area contributed by atoms with Crippen LogP contribution in [0.2, 0.25) is 0 Å². The monoisotopic (exact) mass is 402 g/mol. The normalized spacial score (nSPS) is 11.0. The molecule has 0 aliphatic rings. The number of carbonyl (C=O) groups is 2. The van der Waals surface area contributed by atoms with Gasteiger partial charge >= 0.3 is 0 Å². The summed E-state index contributed by atoms with van der Waals surface area (Å²) in [6.07, 6.45) is 3.17. The van der Waals surface area contributed by atoms with E-state index in [1.165, 1.54) is 11.3 Å².